The Labute approximate surface area is 198 Å². The Hall–Kier alpha value is -2.87. The van der Waals surface area contributed by atoms with Gasteiger partial charge in [-0.2, -0.15) is 0 Å². The molecule has 1 amide bonds. The van der Waals surface area contributed by atoms with Crippen LogP contribution in [0.25, 0.3) is 0 Å². The highest BCUT2D eigenvalue weighted by molar-refractivity contribution is 7.17. The predicted octanol–water partition coefficient (Wildman–Crippen LogP) is 5.02. The summed E-state index contributed by atoms with van der Waals surface area (Å²) >= 11 is 1.45. The summed E-state index contributed by atoms with van der Waals surface area (Å²) in [6.07, 6.45) is 3.07. The maximum Gasteiger partial charge on any atom is 0.347 e. The lowest BCUT2D eigenvalue weighted by Crippen LogP contribution is -2.27. The first-order chi connectivity index (χ1) is 15.8. The molecule has 0 saturated heterocycles. The van der Waals surface area contributed by atoms with Gasteiger partial charge in [0.25, 0.3) is 5.91 Å². The van der Waals surface area contributed by atoms with E-state index >= 15 is 0 Å². The van der Waals surface area contributed by atoms with Crippen LogP contribution in [0.2, 0.25) is 0 Å². The summed E-state index contributed by atoms with van der Waals surface area (Å²) in [6.45, 7) is 7.93. The van der Waals surface area contributed by atoms with Crippen LogP contribution in [0.4, 0.5) is 5.00 Å². The van der Waals surface area contributed by atoms with Crippen LogP contribution < -0.4 is 10.1 Å². The van der Waals surface area contributed by atoms with E-state index in [0.29, 0.717) is 28.5 Å². The van der Waals surface area contributed by atoms with Crippen LogP contribution in [-0.4, -0.2) is 37.2 Å². The second-order valence-corrected chi connectivity index (χ2v) is 9.50. The van der Waals surface area contributed by atoms with Crippen LogP contribution in [0.1, 0.15) is 71.7 Å². The monoisotopic (exact) mass is 473 g/mol. The molecule has 1 aliphatic rings. The third-order valence-corrected chi connectivity index (χ3v) is 6.41. The van der Waals surface area contributed by atoms with Gasteiger partial charge in [0.15, 0.2) is 6.10 Å². The lowest BCUT2D eigenvalue weighted by atomic mass is 9.95. The van der Waals surface area contributed by atoms with Gasteiger partial charge in [-0.25, -0.2) is 9.59 Å². The van der Waals surface area contributed by atoms with E-state index in [0.717, 1.165) is 36.1 Å². The molecule has 1 atom stereocenters. The van der Waals surface area contributed by atoms with E-state index in [4.69, 9.17) is 14.2 Å². The van der Waals surface area contributed by atoms with Gasteiger partial charge in [-0.3, -0.25) is 4.79 Å². The molecule has 1 aliphatic carbocycles. The number of esters is 2. The molecule has 2 aromatic rings. The van der Waals surface area contributed by atoms with Crippen molar-refractivity contribution in [2.24, 2.45) is 5.92 Å². The highest BCUT2D eigenvalue weighted by Gasteiger charge is 2.27. The fourth-order valence-electron chi connectivity index (χ4n) is 3.55. The second-order valence-electron chi connectivity index (χ2n) is 8.40. The minimum atomic E-state index is -0.756. The summed E-state index contributed by atoms with van der Waals surface area (Å²) in [6, 6.07) is 6.50. The van der Waals surface area contributed by atoms with Gasteiger partial charge >= 0.3 is 11.9 Å². The van der Waals surface area contributed by atoms with E-state index in [1.807, 2.05) is 13.8 Å². The topological polar surface area (TPSA) is 90.9 Å². The summed E-state index contributed by atoms with van der Waals surface area (Å²) in [7, 11) is 0. The number of carbonyl (C=O) groups is 3. The SMILES string of the molecule is CCOC(=O)c1c(NC(=O)c2ccc(O[C@@H](C)C(=O)OCC(C)C)cc2)sc2c1CCCC2. The molecule has 1 aromatic heterocycles. The average molecular weight is 474 g/mol. The van der Waals surface area contributed by atoms with Gasteiger partial charge in [-0.05, 0) is 75.3 Å². The number of nitrogens with one attached hydrogen (secondary N) is 1. The molecule has 0 radical (unpaired) electrons. The lowest BCUT2D eigenvalue weighted by Gasteiger charge is -2.15. The van der Waals surface area contributed by atoms with Gasteiger partial charge < -0.3 is 19.5 Å². The first kappa shape index (κ1) is 24.8. The smallest absolute Gasteiger partial charge is 0.347 e. The minimum Gasteiger partial charge on any atom is -0.479 e. The Balaban J connectivity index is 1.68. The van der Waals surface area contributed by atoms with Gasteiger partial charge in [0.2, 0.25) is 0 Å². The summed E-state index contributed by atoms with van der Waals surface area (Å²) in [4.78, 5) is 38.6. The van der Waals surface area contributed by atoms with E-state index in [1.54, 1.807) is 38.1 Å². The third-order valence-electron chi connectivity index (χ3n) is 5.20. The molecule has 0 fully saturated rings. The van der Waals surface area contributed by atoms with Crippen molar-refractivity contribution in [3.63, 3.8) is 0 Å². The molecule has 178 valence electrons. The summed E-state index contributed by atoms with van der Waals surface area (Å²) in [5.41, 5.74) is 1.90. The third kappa shape index (κ3) is 6.35. The number of rotatable bonds is 9. The van der Waals surface area contributed by atoms with Crippen LogP contribution in [0.3, 0.4) is 0 Å². The van der Waals surface area contributed by atoms with Gasteiger partial charge in [0, 0.05) is 10.4 Å². The number of fused-ring (bicyclic) bond motifs is 1. The quantitative estimate of drug-likeness (QED) is 0.514. The molecule has 1 heterocycles. The Bertz CT molecular complexity index is 995. The average Bonchev–Trinajstić information content (AvgIpc) is 3.15. The fourth-order valence-corrected chi connectivity index (χ4v) is 4.82. The summed E-state index contributed by atoms with van der Waals surface area (Å²) in [5, 5.41) is 3.43. The second kappa shape index (κ2) is 11.3. The van der Waals surface area contributed by atoms with Crippen molar-refractivity contribution in [1.82, 2.24) is 0 Å². The van der Waals surface area contributed by atoms with Crippen molar-refractivity contribution >= 4 is 34.2 Å². The minimum absolute atomic E-state index is 0.247. The zero-order valence-electron chi connectivity index (χ0n) is 19.6. The van der Waals surface area contributed by atoms with Gasteiger partial charge in [-0.1, -0.05) is 13.8 Å². The molecule has 3 rings (SSSR count). The molecule has 0 unspecified atom stereocenters. The Kier molecular flexibility index (Phi) is 8.49. The first-order valence-corrected chi connectivity index (χ1v) is 12.2. The molecule has 1 aromatic carbocycles. The molecule has 0 saturated carbocycles. The molecule has 7 nitrogen and oxygen atoms in total. The molecular weight excluding hydrogens is 442 g/mol. The zero-order valence-corrected chi connectivity index (χ0v) is 20.4. The predicted molar refractivity (Wildman–Crippen MR) is 127 cm³/mol. The summed E-state index contributed by atoms with van der Waals surface area (Å²) in [5.74, 6) is -0.445. The number of aryl methyl sites for hydroxylation is 1. The molecular formula is C25H31NO6S. The van der Waals surface area contributed by atoms with E-state index in [9.17, 15) is 14.4 Å². The van der Waals surface area contributed by atoms with E-state index in [2.05, 4.69) is 5.32 Å². The van der Waals surface area contributed by atoms with Crippen molar-refractivity contribution < 1.29 is 28.6 Å². The number of hydrogen-bond donors (Lipinski definition) is 1. The van der Waals surface area contributed by atoms with Crippen LogP contribution in [-0.2, 0) is 27.1 Å². The normalized spacial score (nSPS) is 13.7. The number of amides is 1. The Morgan fingerprint density at radius 3 is 2.39 bits per heavy atom. The van der Waals surface area contributed by atoms with Crippen molar-refractivity contribution in [3.8, 4) is 5.75 Å². The molecule has 0 bridgehead atoms. The zero-order chi connectivity index (χ0) is 24.0. The number of ether oxygens (including phenoxy) is 3. The van der Waals surface area contributed by atoms with E-state index < -0.39 is 18.0 Å². The van der Waals surface area contributed by atoms with Crippen LogP contribution in [0, 0.1) is 5.92 Å². The van der Waals surface area contributed by atoms with Crippen molar-refractivity contribution in [2.75, 3.05) is 18.5 Å². The molecule has 33 heavy (non-hydrogen) atoms. The molecule has 0 spiro atoms. The number of carbonyl (C=O) groups excluding carboxylic acids is 3. The number of anilines is 1. The Morgan fingerprint density at radius 1 is 1.03 bits per heavy atom. The van der Waals surface area contributed by atoms with Crippen molar-refractivity contribution in [2.45, 2.75) is 59.5 Å². The van der Waals surface area contributed by atoms with Crippen molar-refractivity contribution in [3.05, 3.63) is 45.8 Å². The van der Waals surface area contributed by atoms with Crippen molar-refractivity contribution in [1.29, 1.82) is 0 Å². The standard InChI is InChI=1S/C25H31NO6S/c1-5-30-25(29)21-19-8-6-7-9-20(19)33-23(21)26-22(27)17-10-12-18(13-11-17)32-16(4)24(28)31-14-15(2)3/h10-13,15-16H,5-9,14H2,1-4H3,(H,26,27)/t16-/m0/s1. The Morgan fingerprint density at radius 2 is 1.73 bits per heavy atom. The highest BCUT2D eigenvalue weighted by Crippen LogP contribution is 2.38. The van der Waals surface area contributed by atoms with E-state index in [-0.39, 0.29) is 18.4 Å². The number of hydrogen-bond acceptors (Lipinski definition) is 7. The van der Waals surface area contributed by atoms with E-state index in [1.165, 1.54) is 11.3 Å². The summed E-state index contributed by atoms with van der Waals surface area (Å²) < 4.78 is 16.1. The van der Waals surface area contributed by atoms with Gasteiger partial charge in [-0.15, -0.1) is 11.3 Å². The number of thiophene rings is 1. The molecule has 0 aliphatic heterocycles. The first-order valence-electron chi connectivity index (χ1n) is 11.4. The number of benzene rings is 1. The lowest BCUT2D eigenvalue weighted by molar-refractivity contribution is -0.152. The highest BCUT2D eigenvalue weighted by atomic mass is 32.1. The van der Waals surface area contributed by atoms with Gasteiger partial charge in [0.1, 0.15) is 10.8 Å². The molecule has 8 heteroatoms. The molecule has 1 N–H and O–H groups in total. The maximum absolute atomic E-state index is 12.9. The fraction of sp³-hybridized carbons (Fsp3) is 0.480. The largest absolute Gasteiger partial charge is 0.479 e. The van der Waals surface area contributed by atoms with Crippen LogP contribution in [0.5, 0.6) is 5.75 Å². The van der Waals surface area contributed by atoms with Crippen LogP contribution in [0.15, 0.2) is 24.3 Å². The maximum atomic E-state index is 12.9. The van der Waals surface area contributed by atoms with Gasteiger partial charge in [0.05, 0.1) is 18.8 Å². The van der Waals surface area contributed by atoms with Crippen LogP contribution >= 0.6 is 11.3 Å².